The SMILES string of the molecule is c1ccc(CN[C@H]2CCc3cc4ccccc4n3C2)cc1. The number of nitrogens with one attached hydrogen (secondary N) is 1. The van der Waals surface area contributed by atoms with Gasteiger partial charge in [0.15, 0.2) is 0 Å². The first-order chi connectivity index (χ1) is 10.4. The minimum atomic E-state index is 0.563. The first kappa shape index (κ1) is 12.7. The summed E-state index contributed by atoms with van der Waals surface area (Å²) in [5.74, 6) is 0. The molecule has 1 N–H and O–H groups in total. The second kappa shape index (κ2) is 5.38. The molecule has 0 unspecified atom stereocenters. The van der Waals surface area contributed by atoms with Gasteiger partial charge in [-0.1, -0.05) is 48.5 Å². The summed E-state index contributed by atoms with van der Waals surface area (Å²) < 4.78 is 2.49. The Balaban J connectivity index is 1.51. The van der Waals surface area contributed by atoms with Crippen molar-refractivity contribution in [1.29, 1.82) is 0 Å². The average Bonchev–Trinajstić information content (AvgIpc) is 2.92. The standard InChI is InChI=1S/C19H20N2/c1-2-6-15(7-3-1)13-20-17-10-11-18-12-16-8-4-5-9-19(16)21(18)14-17/h1-9,12,17,20H,10-11,13-14H2/t17-/m0/s1. The molecule has 2 heteroatoms. The Morgan fingerprint density at radius 1 is 1.00 bits per heavy atom. The van der Waals surface area contributed by atoms with E-state index in [4.69, 9.17) is 0 Å². The van der Waals surface area contributed by atoms with E-state index in [2.05, 4.69) is 70.5 Å². The van der Waals surface area contributed by atoms with Gasteiger partial charge in [0.05, 0.1) is 0 Å². The van der Waals surface area contributed by atoms with Crippen molar-refractivity contribution in [3.63, 3.8) is 0 Å². The summed E-state index contributed by atoms with van der Waals surface area (Å²) in [5.41, 5.74) is 4.22. The van der Waals surface area contributed by atoms with Crippen molar-refractivity contribution >= 4 is 10.9 Å². The maximum Gasteiger partial charge on any atom is 0.0483 e. The summed E-state index contributed by atoms with van der Waals surface area (Å²) >= 11 is 0. The van der Waals surface area contributed by atoms with Gasteiger partial charge in [-0.05, 0) is 35.9 Å². The number of hydrogen-bond acceptors (Lipinski definition) is 1. The van der Waals surface area contributed by atoms with Gasteiger partial charge in [0, 0.05) is 30.3 Å². The first-order valence-electron chi connectivity index (χ1n) is 7.74. The predicted molar refractivity (Wildman–Crippen MR) is 87.3 cm³/mol. The van der Waals surface area contributed by atoms with E-state index in [1.165, 1.54) is 35.0 Å². The summed E-state index contributed by atoms with van der Waals surface area (Å²) in [6, 6.07) is 22.3. The molecule has 0 fully saturated rings. The lowest BCUT2D eigenvalue weighted by Crippen LogP contribution is -2.36. The number of rotatable bonds is 3. The number of benzene rings is 2. The monoisotopic (exact) mass is 276 g/mol. The van der Waals surface area contributed by atoms with Gasteiger partial charge >= 0.3 is 0 Å². The highest BCUT2D eigenvalue weighted by Crippen LogP contribution is 2.25. The molecule has 0 saturated heterocycles. The van der Waals surface area contributed by atoms with Crippen LogP contribution in [0.15, 0.2) is 60.7 Å². The zero-order chi connectivity index (χ0) is 14.1. The second-order valence-corrected chi connectivity index (χ2v) is 5.91. The van der Waals surface area contributed by atoms with E-state index in [1.807, 2.05) is 0 Å². The van der Waals surface area contributed by atoms with E-state index in [0.29, 0.717) is 6.04 Å². The van der Waals surface area contributed by atoms with Crippen LogP contribution in [-0.4, -0.2) is 10.6 Å². The van der Waals surface area contributed by atoms with Crippen LogP contribution in [-0.2, 0) is 19.5 Å². The highest BCUT2D eigenvalue weighted by atomic mass is 15.1. The summed E-state index contributed by atoms with van der Waals surface area (Å²) in [4.78, 5) is 0. The molecule has 0 bridgehead atoms. The molecule has 2 nitrogen and oxygen atoms in total. The van der Waals surface area contributed by atoms with Gasteiger partial charge in [-0.25, -0.2) is 0 Å². The van der Waals surface area contributed by atoms with E-state index in [0.717, 1.165) is 13.1 Å². The number of hydrogen-bond donors (Lipinski definition) is 1. The molecule has 1 aliphatic heterocycles. The van der Waals surface area contributed by atoms with Gasteiger partial charge in [-0.2, -0.15) is 0 Å². The Morgan fingerprint density at radius 3 is 2.71 bits per heavy atom. The Morgan fingerprint density at radius 2 is 1.81 bits per heavy atom. The molecule has 0 saturated carbocycles. The molecule has 106 valence electrons. The third-order valence-electron chi connectivity index (χ3n) is 4.49. The Hall–Kier alpha value is -2.06. The molecule has 0 aliphatic carbocycles. The van der Waals surface area contributed by atoms with Gasteiger partial charge in [0.2, 0.25) is 0 Å². The Kier molecular flexibility index (Phi) is 3.24. The fourth-order valence-corrected chi connectivity index (χ4v) is 3.35. The molecular weight excluding hydrogens is 256 g/mol. The van der Waals surface area contributed by atoms with Crippen molar-refractivity contribution in [2.45, 2.75) is 32.0 Å². The molecule has 3 aromatic rings. The maximum atomic E-state index is 3.71. The molecule has 2 heterocycles. The van der Waals surface area contributed by atoms with Crippen LogP contribution in [0.2, 0.25) is 0 Å². The van der Waals surface area contributed by atoms with Crippen LogP contribution in [0.4, 0.5) is 0 Å². The zero-order valence-corrected chi connectivity index (χ0v) is 12.1. The van der Waals surface area contributed by atoms with Gasteiger partial charge in [0.1, 0.15) is 0 Å². The van der Waals surface area contributed by atoms with Crippen molar-refractivity contribution in [2.24, 2.45) is 0 Å². The molecule has 0 radical (unpaired) electrons. The fourth-order valence-electron chi connectivity index (χ4n) is 3.35. The van der Waals surface area contributed by atoms with Gasteiger partial charge in [-0.3, -0.25) is 0 Å². The molecule has 2 aromatic carbocycles. The highest BCUT2D eigenvalue weighted by molar-refractivity contribution is 5.81. The largest absolute Gasteiger partial charge is 0.343 e. The normalized spacial score (nSPS) is 17.8. The molecule has 1 aromatic heterocycles. The summed E-state index contributed by atoms with van der Waals surface area (Å²) in [6.07, 6.45) is 2.39. The Bertz CT molecular complexity index is 743. The van der Waals surface area contributed by atoms with Gasteiger partial charge in [0.25, 0.3) is 0 Å². The smallest absolute Gasteiger partial charge is 0.0483 e. The molecule has 1 atom stereocenters. The molecule has 4 rings (SSSR count). The fraction of sp³-hybridized carbons (Fsp3) is 0.263. The number of para-hydroxylation sites is 1. The van der Waals surface area contributed by atoms with E-state index < -0.39 is 0 Å². The van der Waals surface area contributed by atoms with Crippen LogP contribution in [0.3, 0.4) is 0 Å². The minimum absolute atomic E-state index is 0.563. The maximum absolute atomic E-state index is 3.71. The average molecular weight is 276 g/mol. The van der Waals surface area contributed by atoms with Crippen molar-refractivity contribution in [1.82, 2.24) is 9.88 Å². The second-order valence-electron chi connectivity index (χ2n) is 5.91. The number of fused-ring (bicyclic) bond motifs is 3. The summed E-state index contributed by atoms with van der Waals surface area (Å²) in [6.45, 7) is 2.04. The molecule has 0 amide bonds. The predicted octanol–water partition coefficient (Wildman–Crippen LogP) is 3.75. The zero-order valence-electron chi connectivity index (χ0n) is 12.1. The quantitative estimate of drug-likeness (QED) is 0.771. The number of aromatic nitrogens is 1. The van der Waals surface area contributed by atoms with E-state index in [9.17, 15) is 0 Å². The minimum Gasteiger partial charge on any atom is -0.343 e. The topological polar surface area (TPSA) is 17.0 Å². The lowest BCUT2D eigenvalue weighted by Gasteiger charge is -2.26. The summed E-state index contributed by atoms with van der Waals surface area (Å²) in [7, 11) is 0. The van der Waals surface area contributed by atoms with Gasteiger partial charge in [-0.15, -0.1) is 0 Å². The third kappa shape index (κ3) is 2.47. The third-order valence-corrected chi connectivity index (χ3v) is 4.49. The number of aryl methyl sites for hydroxylation is 1. The van der Waals surface area contributed by atoms with Gasteiger partial charge < -0.3 is 9.88 Å². The van der Waals surface area contributed by atoms with Crippen molar-refractivity contribution in [3.05, 3.63) is 71.9 Å². The van der Waals surface area contributed by atoms with E-state index in [-0.39, 0.29) is 0 Å². The number of nitrogens with zero attached hydrogens (tertiary/aromatic N) is 1. The molecule has 21 heavy (non-hydrogen) atoms. The van der Waals surface area contributed by atoms with Crippen LogP contribution in [0.25, 0.3) is 10.9 Å². The van der Waals surface area contributed by atoms with Crippen LogP contribution in [0, 0.1) is 0 Å². The van der Waals surface area contributed by atoms with Crippen molar-refractivity contribution in [2.75, 3.05) is 0 Å². The van der Waals surface area contributed by atoms with Crippen LogP contribution < -0.4 is 5.32 Å². The Labute approximate surface area is 125 Å². The van der Waals surface area contributed by atoms with E-state index in [1.54, 1.807) is 0 Å². The molecular formula is C19H20N2. The van der Waals surface area contributed by atoms with Crippen LogP contribution >= 0.6 is 0 Å². The van der Waals surface area contributed by atoms with Crippen LogP contribution in [0.5, 0.6) is 0 Å². The lowest BCUT2D eigenvalue weighted by molar-refractivity contribution is 0.389. The highest BCUT2D eigenvalue weighted by Gasteiger charge is 2.19. The van der Waals surface area contributed by atoms with Crippen molar-refractivity contribution in [3.8, 4) is 0 Å². The first-order valence-corrected chi connectivity index (χ1v) is 7.74. The van der Waals surface area contributed by atoms with E-state index >= 15 is 0 Å². The van der Waals surface area contributed by atoms with Crippen LogP contribution in [0.1, 0.15) is 17.7 Å². The van der Waals surface area contributed by atoms with Crippen molar-refractivity contribution < 1.29 is 0 Å². The summed E-state index contributed by atoms with van der Waals surface area (Å²) in [5, 5.41) is 5.08. The molecule has 0 spiro atoms. The lowest BCUT2D eigenvalue weighted by atomic mass is 10.0. The molecule has 1 aliphatic rings.